The van der Waals surface area contributed by atoms with Crippen LogP contribution < -0.4 is 0 Å². The normalized spacial score (nSPS) is 20.1. The fraction of sp³-hybridized carbons (Fsp3) is 0.818. The molecule has 1 heterocycles. The van der Waals surface area contributed by atoms with Gasteiger partial charge in [0.15, 0.2) is 0 Å². The van der Waals surface area contributed by atoms with Gasteiger partial charge in [-0.15, -0.1) is 0 Å². The van der Waals surface area contributed by atoms with Crippen LogP contribution in [0.5, 0.6) is 0 Å². The number of rotatable bonds is 2. The minimum atomic E-state index is -0.499. The van der Waals surface area contributed by atoms with Gasteiger partial charge >= 0.3 is 0 Å². The first-order chi connectivity index (χ1) is 7.06. The Hall–Kier alpha value is -1.08. The Morgan fingerprint density at radius 2 is 2.00 bits per heavy atom. The molecule has 0 saturated carbocycles. The van der Waals surface area contributed by atoms with Gasteiger partial charge in [0.1, 0.15) is 5.92 Å². The van der Waals surface area contributed by atoms with E-state index in [1.165, 1.54) is 0 Å². The summed E-state index contributed by atoms with van der Waals surface area (Å²) in [6, 6.07) is 2.57. The lowest BCUT2D eigenvalue weighted by Crippen LogP contribution is -2.45. The Morgan fingerprint density at radius 3 is 2.40 bits per heavy atom. The smallest absolute Gasteiger partial charge is 0.239 e. The molecule has 0 aromatic heterocycles. The van der Waals surface area contributed by atoms with Crippen molar-refractivity contribution in [1.82, 2.24) is 9.80 Å². The Bertz CT molecular complexity index is 261. The number of carbonyl (C=O) groups is 1. The molecule has 1 atom stereocenters. The SMILES string of the molecule is CC(C#N)C(=O)N1CCC(N(C)C)CC1. The van der Waals surface area contributed by atoms with Gasteiger partial charge in [-0.2, -0.15) is 5.26 Å². The summed E-state index contributed by atoms with van der Waals surface area (Å²) in [6.45, 7) is 3.24. The maximum Gasteiger partial charge on any atom is 0.239 e. The van der Waals surface area contributed by atoms with E-state index in [0.29, 0.717) is 6.04 Å². The summed E-state index contributed by atoms with van der Waals surface area (Å²) in [7, 11) is 4.14. The molecule has 4 nitrogen and oxygen atoms in total. The molecule has 1 fully saturated rings. The number of nitrogens with zero attached hydrogens (tertiary/aromatic N) is 3. The lowest BCUT2D eigenvalue weighted by molar-refractivity contribution is -0.134. The number of hydrogen-bond donors (Lipinski definition) is 0. The molecule has 1 amide bonds. The van der Waals surface area contributed by atoms with Crippen molar-refractivity contribution in [3.63, 3.8) is 0 Å². The van der Waals surface area contributed by atoms with Crippen molar-refractivity contribution >= 4 is 5.91 Å². The summed E-state index contributed by atoms with van der Waals surface area (Å²) in [5.74, 6) is -0.518. The molecule has 1 unspecified atom stereocenters. The van der Waals surface area contributed by atoms with Crippen LogP contribution in [0.1, 0.15) is 19.8 Å². The zero-order chi connectivity index (χ0) is 11.4. The summed E-state index contributed by atoms with van der Waals surface area (Å²) < 4.78 is 0. The summed E-state index contributed by atoms with van der Waals surface area (Å²) in [5, 5.41) is 8.67. The van der Waals surface area contributed by atoms with Gasteiger partial charge in [0.2, 0.25) is 5.91 Å². The summed E-state index contributed by atoms with van der Waals surface area (Å²) in [6.07, 6.45) is 2.02. The maximum absolute atomic E-state index is 11.7. The van der Waals surface area contributed by atoms with Gasteiger partial charge in [0.25, 0.3) is 0 Å². The van der Waals surface area contributed by atoms with Gasteiger partial charge in [-0.25, -0.2) is 0 Å². The number of nitriles is 1. The second kappa shape index (κ2) is 5.13. The summed E-state index contributed by atoms with van der Waals surface area (Å²) >= 11 is 0. The average molecular weight is 209 g/mol. The molecule has 1 rings (SSSR count). The van der Waals surface area contributed by atoms with Gasteiger partial charge in [0.05, 0.1) is 6.07 Å². The van der Waals surface area contributed by atoms with Crippen molar-refractivity contribution < 1.29 is 4.79 Å². The molecule has 15 heavy (non-hydrogen) atoms. The molecule has 0 N–H and O–H groups in total. The standard InChI is InChI=1S/C11H19N3O/c1-9(8-12)11(15)14-6-4-10(5-7-14)13(2)3/h9-10H,4-7H2,1-3H3. The molecule has 1 saturated heterocycles. The topological polar surface area (TPSA) is 47.3 Å². The Kier molecular flexibility index (Phi) is 4.10. The highest BCUT2D eigenvalue weighted by Crippen LogP contribution is 2.15. The van der Waals surface area contributed by atoms with E-state index in [0.717, 1.165) is 25.9 Å². The fourth-order valence-corrected chi connectivity index (χ4v) is 1.93. The molecular weight excluding hydrogens is 190 g/mol. The van der Waals surface area contributed by atoms with Gasteiger partial charge in [-0.3, -0.25) is 4.79 Å². The molecule has 1 aliphatic rings. The number of carbonyl (C=O) groups excluding carboxylic acids is 1. The van der Waals surface area contributed by atoms with Crippen LogP contribution in [0.15, 0.2) is 0 Å². The van der Waals surface area contributed by atoms with E-state index in [1.807, 2.05) is 11.0 Å². The van der Waals surface area contributed by atoms with Crippen molar-refractivity contribution in [2.24, 2.45) is 5.92 Å². The predicted octanol–water partition coefficient (Wildman–Crippen LogP) is 0.699. The minimum absolute atomic E-state index is 0.0188. The Balaban J connectivity index is 2.44. The van der Waals surface area contributed by atoms with Gasteiger partial charge < -0.3 is 9.80 Å². The molecule has 0 spiro atoms. The van der Waals surface area contributed by atoms with E-state index >= 15 is 0 Å². The molecule has 84 valence electrons. The van der Waals surface area contributed by atoms with Crippen LogP contribution in [0.2, 0.25) is 0 Å². The monoisotopic (exact) mass is 209 g/mol. The van der Waals surface area contributed by atoms with Crippen LogP contribution in [-0.2, 0) is 4.79 Å². The molecular formula is C11H19N3O. The number of amides is 1. The minimum Gasteiger partial charge on any atom is -0.341 e. The molecule has 0 radical (unpaired) electrons. The summed E-state index contributed by atoms with van der Waals surface area (Å²) in [4.78, 5) is 15.7. The number of likely N-dealkylation sites (tertiary alicyclic amines) is 1. The van der Waals surface area contributed by atoms with Crippen molar-refractivity contribution in [3.8, 4) is 6.07 Å². The van der Waals surface area contributed by atoms with Crippen molar-refractivity contribution in [3.05, 3.63) is 0 Å². The van der Waals surface area contributed by atoms with Gasteiger partial charge in [-0.05, 0) is 33.9 Å². The van der Waals surface area contributed by atoms with E-state index in [9.17, 15) is 4.79 Å². The second-order valence-corrected chi connectivity index (χ2v) is 4.37. The third-order valence-electron chi connectivity index (χ3n) is 3.07. The van der Waals surface area contributed by atoms with E-state index in [2.05, 4.69) is 19.0 Å². The number of piperidine rings is 1. The van der Waals surface area contributed by atoms with Crippen LogP contribution in [-0.4, -0.2) is 48.9 Å². The van der Waals surface area contributed by atoms with E-state index in [1.54, 1.807) is 6.92 Å². The molecule has 4 heteroatoms. The third-order valence-corrected chi connectivity index (χ3v) is 3.07. The van der Waals surface area contributed by atoms with Crippen LogP contribution >= 0.6 is 0 Å². The van der Waals surface area contributed by atoms with E-state index in [-0.39, 0.29) is 5.91 Å². The highest BCUT2D eigenvalue weighted by atomic mass is 16.2. The van der Waals surface area contributed by atoms with E-state index in [4.69, 9.17) is 5.26 Å². The zero-order valence-electron chi connectivity index (χ0n) is 9.73. The first-order valence-corrected chi connectivity index (χ1v) is 5.41. The largest absolute Gasteiger partial charge is 0.341 e. The van der Waals surface area contributed by atoms with Crippen LogP contribution in [0, 0.1) is 17.2 Å². The van der Waals surface area contributed by atoms with Gasteiger partial charge in [-0.1, -0.05) is 0 Å². The summed E-state index contributed by atoms with van der Waals surface area (Å²) in [5.41, 5.74) is 0. The van der Waals surface area contributed by atoms with Gasteiger partial charge in [0, 0.05) is 19.1 Å². The van der Waals surface area contributed by atoms with Crippen molar-refractivity contribution in [2.75, 3.05) is 27.2 Å². The zero-order valence-corrected chi connectivity index (χ0v) is 9.73. The van der Waals surface area contributed by atoms with Crippen LogP contribution in [0.25, 0.3) is 0 Å². The predicted molar refractivity (Wildman–Crippen MR) is 58.1 cm³/mol. The lowest BCUT2D eigenvalue weighted by atomic mass is 10.0. The Labute approximate surface area is 91.5 Å². The maximum atomic E-state index is 11.7. The van der Waals surface area contributed by atoms with Crippen LogP contribution in [0.3, 0.4) is 0 Å². The molecule has 1 aliphatic heterocycles. The highest BCUT2D eigenvalue weighted by Gasteiger charge is 2.26. The van der Waals surface area contributed by atoms with Crippen LogP contribution in [0.4, 0.5) is 0 Å². The fourth-order valence-electron chi connectivity index (χ4n) is 1.93. The molecule has 0 aliphatic carbocycles. The molecule has 0 aromatic carbocycles. The second-order valence-electron chi connectivity index (χ2n) is 4.37. The van der Waals surface area contributed by atoms with Crippen molar-refractivity contribution in [2.45, 2.75) is 25.8 Å². The average Bonchev–Trinajstić information content (AvgIpc) is 2.27. The van der Waals surface area contributed by atoms with E-state index < -0.39 is 5.92 Å². The molecule has 0 aromatic rings. The highest BCUT2D eigenvalue weighted by molar-refractivity contribution is 5.80. The lowest BCUT2D eigenvalue weighted by Gasteiger charge is -2.35. The first kappa shape index (κ1) is 12.0. The van der Waals surface area contributed by atoms with Crippen molar-refractivity contribution in [1.29, 1.82) is 5.26 Å². The molecule has 0 bridgehead atoms. The first-order valence-electron chi connectivity index (χ1n) is 5.41. The number of hydrogen-bond acceptors (Lipinski definition) is 3. The third kappa shape index (κ3) is 2.93. The quantitative estimate of drug-likeness (QED) is 0.672. The Morgan fingerprint density at radius 1 is 1.47 bits per heavy atom.